The van der Waals surface area contributed by atoms with Crippen LogP contribution < -0.4 is 5.32 Å². The van der Waals surface area contributed by atoms with E-state index >= 15 is 0 Å². The third kappa shape index (κ3) is 3.42. The number of carbonyl (C=O) groups excluding carboxylic acids is 2. The zero-order chi connectivity index (χ0) is 13.8. The molecule has 1 saturated heterocycles. The lowest BCUT2D eigenvalue weighted by molar-refractivity contribution is -0.148. The van der Waals surface area contributed by atoms with Gasteiger partial charge >= 0.3 is 0 Å². The molecule has 1 aromatic rings. The van der Waals surface area contributed by atoms with Gasteiger partial charge in [-0.3, -0.25) is 14.5 Å². The number of likely N-dealkylation sites (N-methyl/N-ethyl adjacent to an activating group) is 1. The van der Waals surface area contributed by atoms with Crippen LogP contribution in [0.5, 0.6) is 0 Å². The normalized spacial score (nSPS) is 17.1. The first kappa shape index (κ1) is 14.2. The van der Waals surface area contributed by atoms with E-state index < -0.39 is 0 Å². The predicted molar refractivity (Wildman–Crippen MR) is 76.8 cm³/mol. The van der Waals surface area contributed by atoms with E-state index in [9.17, 15) is 9.59 Å². The van der Waals surface area contributed by atoms with Crippen molar-refractivity contribution in [3.8, 4) is 0 Å². The van der Waals surface area contributed by atoms with E-state index in [0.717, 1.165) is 10.0 Å². The summed E-state index contributed by atoms with van der Waals surface area (Å²) in [5, 5.41) is 2.95. The fourth-order valence-corrected chi connectivity index (χ4v) is 2.74. The molecule has 0 aliphatic carbocycles. The number of nitrogens with one attached hydrogen (secondary N) is 1. The third-order valence-electron chi connectivity index (χ3n) is 3.35. The number of rotatable bonds is 4. The molecule has 19 heavy (non-hydrogen) atoms. The van der Waals surface area contributed by atoms with Crippen molar-refractivity contribution >= 4 is 27.7 Å². The van der Waals surface area contributed by atoms with E-state index in [1.165, 1.54) is 4.90 Å². The summed E-state index contributed by atoms with van der Waals surface area (Å²) in [6, 6.07) is 7.82. The van der Waals surface area contributed by atoms with E-state index in [0.29, 0.717) is 25.9 Å². The molecule has 0 saturated carbocycles. The van der Waals surface area contributed by atoms with Crippen LogP contribution in [-0.4, -0.2) is 36.9 Å². The van der Waals surface area contributed by atoms with E-state index in [-0.39, 0.29) is 17.7 Å². The molecule has 4 nitrogen and oxygen atoms in total. The monoisotopic (exact) mass is 324 g/mol. The standard InChI is InChI=1S/C14H17BrN2O2/c1-16-5-6-17-13(18)8-11(9-14(17)19)10-3-2-4-12(15)7-10/h2-4,7,11,16H,5-6,8-9H2,1H3. The number of imide groups is 1. The number of nitrogens with zero attached hydrogens (tertiary/aromatic N) is 1. The lowest BCUT2D eigenvalue weighted by atomic mass is 9.88. The van der Waals surface area contributed by atoms with Crippen molar-refractivity contribution in [3.63, 3.8) is 0 Å². The zero-order valence-electron chi connectivity index (χ0n) is 10.9. The molecule has 0 aromatic heterocycles. The molecule has 1 aliphatic rings. The minimum absolute atomic E-state index is 0.00309. The van der Waals surface area contributed by atoms with Crippen molar-refractivity contribution in [1.29, 1.82) is 0 Å². The zero-order valence-corrected chi connectivity index (χ0v) is 12.4. The van der Waals surface area contributed by atoms with Gasteiger partial charge in [0.1, 0.15) is 0 Å². The summed E-state index contributed by atoms with van der Waals surface area (Å²) in [7, 11) is 1.81. The van der Waals surface area contributed by atoms with Gasteiger partial charge in [-0.1, -0.05) is 28.1 Å². The number of hydrogen-bond acceptors (Lipinski definition) is 3. The van der Waals surface area contributed by atoms with Crippen LogP contribution in [0.4, 0.5) is 0 Å². The Hall–Kier alpha value is -1.20. The molecule has 0 unspecified atom stereocenters. The second-order valence-corrected chi connectivity index (χ2v) is 5.62. The van der Waals surface area contributed by atoms with Gasteiger partial charge < -0.3 is 5.32 Å². The lowest BCUT2D eigenvalue weighted by Gasteiger charge is -2.30. The number of likely N-dealkylation sites (tertiary alicyclic amines) is 1. The molecule has 1 fully saturated rings. The van der Waals surface area contributed by atoms with Crippen molar-refractivity contribution in [2.24, 2.45) is 0 Å². The summed E-state index contributed by atoms with van der Waals surface area (Å²) in [5.74, 6) is -0.142. The average Bonchev–Trinajstić information content (AvgIpc) is 2.37. The SMILES string of the molecule is CNCCN1C(=O)CC(c2cccc(Br)c2)CC1=O. The molecule has 102 valence electrons. The highest BCUT2D eigenvalue weighted by Gasteiger charge is 2.32. The van der Waals surface area contributed by atoms with Crippen LogP contribution in [-0.2, 0) is 9.59 Å². The Morgan fingerprint density at radius 2 is 2.00 bits per heavy atom. The number of halogens is 1. The number of carbonyl (C=O) groups is 2. The molecule has 1 aromatic carbocycles. The molecule has 1 N–H and O–H groups in total. The Kier molecular flexibility index (Phi) is 4.71. The number of amides is 2. The van der Waals surface area contributed by atoms with Crippen LogP contribution in [0.2, 0.25) is 0 Å². The van der Waals surface area contributed by atoms with Gasteiger partial charge in [-0.25, -0.2) is 0 Å². The third-order valence-corrected chi connectivity index (χ3v) is 3.84. The highest BCUT2D eigenvalue weighted by molar-refractivity contribution is 9.10. The van der Waals surface area contributed by atoms with E-state index in [4.69, 9.17) is 0 Å². The van der Waals surface area contributed by atoms with Gasteiger partial charge in [-0.15, -0.1) is 0 Å². The van der Waals surface area contributed by atoms with Gasteiger partial charge in [-0.05, 0) is 24.7 Å². The summed E-state index contributed by atoms with van der Waals surface area (Å²) in [6.45, 7) is 1.10. The fraction of sp³-hybridized carbons (Fsp3) is 0.429. The number of benzene rings is 1. The van der Waals surface area contributed by atoms with Crippen LogP contribution >= 0.6 is 15.9 Å². The van der Waals surface area contributed by atoms with Crippen molar-refractivity contribution in [2.75, 3.05) is 20.1 Å². The molecular formula is C14H17BrN2O2. The molecule has 0 bridgehead atoms. The highest BCUT2D eigenvalue weighted by atomic mass is 79.9. The van der Waals surface area contributed by atoms with E-state index in [2.05, 4.69) is 21.2 Å². The van der Waals surface area contributed by atoms with Crippen molar-refractivity contribution in [3.05, 3.63) is 34.3 Å². The quantitative estimate of drug-likeness (QED) is 0.860. The lowest BCUT2D eigenvalue weighted by Crippen LogP contribution is -2.45. The summed E-state index contributed by atoms with van der Waals surface area (Å²) >= 11 is 3.42. The minimum atomic E-state index is -0.0727. The molecule has 2 amide bonds. The summed E-state index contributed by atoms with van der Waals surface area (Å²) in [4.78, 5) is 25.5. The first-order valence-corrected chi connectivity index (χ1v) is 7.14. The second kappa shape index (κ2) is 6.30. The highest BCUT2D eigenvalue weighted by Crippen LogP contribution is 2.30. The maximum Gasteiger partial charge on any atom is 0.229 e. The van der Waals surface area contributed by atoms with Crippen molar-refractivity contribution in [2.45, 2.75) is 18.8 Å². The van der Waals surface area contributed by atoms with Crippen LogP contribution in [0.25, 0.3) is 0 Å². The van der Waals surface area contributed by atoms with E-state index in [1.54, 1.807) is 0 Å². The maximum atomic E-state index is 12.0. The van der Waals surface area contributed by atoms with Gasteiger partial charge in [0.25, 0.3) is 0 Å². The van der Waals surface area contributed by atoms with Crippen LogP contribution in [0.1, 0.15) is 24.3 Å². The van der Waals surface area contributed by atoms with Gasteiger partial charge in [0, 0.05) is 36.3 Å². The Labute approximate surface area is 121 Å². The molecule has 5 heteroatoms. The molecule has 1 aliphatic heterocycles. The summed E-state index contributed by atoms with van der Waals surface area (Å²) in [6.07, 6.45) is 0.817. The number of piperidine rings is 1. The topological polar surface area (TPSA) is 49.4 Å². The Bertz CT molecular complexity index is 472. The molecule has 1 heterocycles. The molecule has 2 rings (SSSR count). The number of hydrogen-bond donors (Lipinski definition) is 1. The molecular weight excluding hydrogens is 308 g/mol. The second-order valence-electron chi connectivity index (χ2n) is 4.70. The smallest absolute Gasteiger partial charge is 0.229 e. The molecule has 0 radical (unpaired) electrons. The van der Waals surface area contributed by atoms with Crippen molar-refractivity contribution < 1.29 is 9.59 Å². The Morgan fingerprint density at radius 1 is 1.32 bits per heavy atom. The first-order chi connectivity index (χ1) is 9.11. The van der Waals surface area contributed by atoms with Gasteiger partial charge in [0.2, 0.25) is 11.8 Å². The van der Waals surface area contributed by atoms with Gasteiger partial charge in [0.05, 0.1) is 0 Å². The van der Waals surface area contributed by atoms with Crippen LogP contribution in [0, 0.1) is 0 Å². The fourth-order valence-electron chi connectivity index (χ4n) is 2.32. The van der Waals surface area contributed by atoms with Crippen LogP contribution in [0.15, 0.2) is 28.7 Å². The Morgan fingerprint density at radius 3 is 2.58 bits per heavy atom. The van der Waals surface area contributed by atoms with Crippen molar-refractivity contribution in [1.82, 2.24) is 10.2 Å². The van der Waals surface area contributed by atoms with Crippen LogP contribution in [0.3, 0.4) is 0 Å². The molecule has 0 spiro atoms. The molecule has 0 atom stereocenters. The predicted octanol–water partition coefficient (Wildman–Crippen LogP) is 1.90. The summed E-state index contributed by atoms with van der Waals surface area (Å²) < 4.78 is 0.975. The summed E-state index contributed by atoms with van der Waals surface area (Å²) in [5.41, 5.74) is 1.05. The maximum absolute atomic E-state index is 12.0. The Balaban J connectivity index is 2.09. The first-order valence-electron chi connectivity index (χ1n) is 6.35. The van der Waals surface area contributed by atoms with Gasteiger partial charge in [0.15, 0.2) is 0 Å². The minimum Gasteiger partial charge on any atom is -0.318 e. The largest absolute Gasteiger partial charge is 0.318 e. The average molecular weight is 325 g/mol. The van der Waals surface area contributed by atoms with E-state index in [1.807, 2.05) is 31.3 Å². The van der Waals surface area contributed by atoms with Gasteiger partial charge in [-0.2, -0.15) is 0 Å².